The largest absolute Gasteiger partial charge is 0.494 e. The van der Waals surface area contributed by atoms with Crippen LogP contribution in [0.25, 0.3) is 10.9 Å². The number of aromatic amines is 1. The fourth-order valence-electron chi connectivity index (χ4n) is 3.56. The Balaban J connectivity index is 2.00. The number of ether oxygens (including phenoxy) is 1. The van der Waals surface area contributed by atoms with Gasteiger partial charge >= 0.3 is 0 Å². The van der Waals surface area contributed by atoms with Gasteiger partial charge in [-0.3, -0.25) is 4.79 Å². The van der Waals surface area contributed by atoms with Crippen molar-refractivity contribution < 1.29 is 9.53 Å². The fraction of sp³-hybridized carbons (Fsp3) is 0.500. The van der Waals surface area contributed by atoms with E-state index < -0.39 is 0 Å². The molecule has 3 nitrogen and oxygen atoms in total. The summed E-state index contributed by atoms with van der Waals surface area (Å²) in [4.78, 5) is 16.2. The van der Waals surface area contributed by atoms with Crippen molar-refractivity contribution in [3.05, 3.63) is 30.0 Å². The van der Waals surface area contributed by atoms with Gasteiger partial charge in [0.25, 0.3) is 0 Å². The molecule has 0 aliphatic heterocycles. The molecule has 112 valence electrons. The molecule has 1 heterocycles. The summed E-state index contributed by atoms with van der Waals surface area (Å²) < 4.78 is 5.56. The van der Waals surface area contributed by atoms with E-state index in [0.717, 1.165) is 41.5 Å². The van der Waals surface area contributed by atoms with Gasteiger partial charge < -0.3 is 9.72 Å². The van der Waals surface area contributed by atoms with E-state index in [1.165, 1.54) is 0 Å². The van der Waals surface area contributed by atoms with Crippen molar-refractivity contribution in [2.75, 3.05) is 6.61 Å². The molecule has 1 atom stereocenters. The molecule has 0 spiro atoms. The van der Waals surface area contributed by atoms with Gasteiger partial charge in [0, 0.05) is 28.6 Å². The molecule has 0 amide bonds. The first-order chi connectivity index (χ1) is 10.0. The number of carbonyl (C=O) groups is 1. The van der Waals surface area contributed by atoms with Crippen LogP contribution < -0.4 is 4.74 Å². The Labute approximate surface area is 125 Å². The van der Waals surface area contributed by atoms with Crippen LogP contribution in [0, 0.1) is 11.3 Å². The molecule has 1 unspecified atom stereocenters. The van der Waals surface area contributed by atoms with E-state index in [0.29, 0.717) is 6.61 Å². The van der Waals surface area contributed by atoms with E-state index >= 15 is 0 Å². The van der Waals surface area contributed by atoms with Crippen LogP contribution in [0.15, 0.2) is 24.4 Å². The number of nitrogens with one attached hydrogen (secondary N) is 1. The van der Waals surface area contributed by atoms with Crippen LogP contribution in [0.4, 0.5) is 0 Å². The van der Waals surface area contributed by atoms with Gasteiger partial charge in [-0.25, -0.2) is 0 Å². The van der Waals surface area contributed by atoms with E-state index in [9.17, 15) is 4.79 Å². The van der Waals surface area contributed by atoms with Crippen molar-refractivity contribution in [2.45, 2.75) is 40.0 Å². The number of ketones is 1. The van der Waals surface area contributed by atoms with Crippen molar-refractivity contribution in [1.82, 2.24) is 4.98 Å². The second kappa shape index (κ2) is 5.21. The molecule has 2 aromatic rings. The SMILES string of the molecule is CCOc1ccc2[nH]cc(C(=O)C3CCCC3(C)C)c2c1. The Morgan fingerprint density at radius 2 is 2.24 bits per heavy atom. The summed E-state index contributed by atoms with van der Waals surface area (Å²) >= 11 is 0. The van der Waals surface area contributed by atoms with Gasteiger partial charge in [0.2, 0.25) is 0 Å². The van der Waals surface area contributed by atoms with Crippen molar-refractivity contribution in [3.8, 4) is 5.75 Å². The van der Waals surface area contributed by atoms with Crippen LogP contribution in [-0.4, -0.2) is 17.4 Å². The molecule has 1 aliphatic carbocycles. The van der Waals surface area contributed by atoms with E-state index in [-0.39, 0.29) is 17.1 Å². The Hall–Kier alpha value is -1.77. The van der Waals surface area contributed by atoms with Gasteiger partial charge in [-0.2, -0.15) is 0 Å². The normalized spacial score (nSPS) is 20.8. The second-order valence-corrected chi connectivity index (χ2v) is 6.64. The second-order valence-electron chi connectivity index (χ2n) is 6.64. The summed E-state index contributed by atoms with van der Waals surface area (Å²) in [6, 6.07) is 5.90. The molecule has 1 N–H and O–H groups in total. The molecule has 0 radical (unpaired) electrons. The minimum atomic E-state index is 0.109. The smallest absolute Gasteiger partial charge is 0.168 e. The van der Waals surface area contributed by atoms with E-state index in [2.05, 4.69) is 18.8 Å². The third kappa shape index (κ3) is 2.45. The van der Waals surface area contributed by atoms with Crippen LogP contribution >= 0.6 is 0 Å². The number of fused-ring (bicyclic) bond motifs is 1. The number of Topliss-reactive ketones (excluding diaryl/α,β-unsaturated/α-hetero) is 1. The number of rotatable bonds is 4. The molecular weight excluding hydrogens is 262 g/mol. The van der Waals surface area contributed by atoms with Crippen molar-refractivity contribution in [3.63, 3.8) is 0 Å². The summed E-state index contributed by atoms with van der Waals surface area (Å²) in [5.41, 5.74) is 1.92. The molecule has 1 aromatic carbocycles. The molecule has 3 heteroatoms. The van der Waals surface area contributed by atoms with Crippen LogP contribution in [-0.2, 0) is 0 Å². The average Bonchev–Trinajstić information content (AvgIpc) is 3.01. The van der Waals surface area contributed by atoms with Gasteiger partial charge in [-0.15, -0.1) is 0 Å². The van der Waals surface area contributed by atoms with Crippen LogP contribution in [0.2, 0.25) is 0 Å². The third-order valence-corrected chi connectivity index (χ3v) is 4.80. The summed E-state index contributed by atoms with van der Waals surface area (Å²) in [5.74, 6) is 1.23. The lowest BCUT2D eigenvalue weighted by Gasteiger charge is -2.25. The van der Waals surface area contributed by atoms with Gasteiger partial charge in [0.1, 0.15) is 5.75 Å². The number of benzene rings is 1. The minimum Gasteiger partial charge on any atom is -0.494 e. The zero-order chi connectivity index (χ0) is 15.0. The van der Waals surface area contributed by atoms with Crippen LogP contribution in [0.1, 0.15) is 50.4 Å². The number of aromatic nitrogens is 1. The first-order valence-corrected chi connectivity index (χ1v) is 7.81. The van der Waals surface area contributed by atoms with E-state index in [4.69, 9.17) is 4.74 Å². The Bertz CT molecular complexity index is 669. The number of hydrogen-bond donors (Lipinski definition) is 1. The Morgan fingerprint density at radius 3 is 2.90 bits per heavy atom. The highest BCUT2D eigenvalue weighted by molar-refractivity contribution is 6.09. The lowest BCUT2D eigenvalue weighted by molar-refractivity contribution is 0.0841. The molecule has 1 fully saturated rings. The van der Waals surface area contributed by atoms with Gasteiger partial charge in [0.05, 0.1) is 6.61 Å². The standard InChI is InChI=1S/C18H23NO2/c1-4-21-12-7-8-16-13(10-12)14(11-19-16)17(20)15-6-5-9-18(15,2)3/h7-8,10-11,15,19H,4-6,9H2,1-3H3. The lowest BCUT2D eigenvalue weighted by Crippen LogP contribution is -2.25. The van der Waals surface area contributed by atoms with E-state index in [1.54, 1.807) is 0 Å². The topological polar surface area (TPSA) is 42.1 Å². The average molecular weight is 285 g/mol. The highest BCUT2D eigenvalue weighted by Gasteiger charge is 2.40. The van der Waals surface area contributed by atoms with Crippen molar-refractivity contribution >= 4 is 16.7 Å². The highest BCUT2D eigenvalue weighted by Crippen LogP contribution is 2.44. The van der Waals surface area contributed by atoms with Crippen LogP contribution in [0.5, 0.6) is 5.75 Å². The van der Waals surface area contributed by atoms with Crippen molar-refractivity contribution in [1.29, 1.82) is 0 Å². The summed E-state index contributed by atoms with van der Waals surface area (Å²) in [7, 11) is 0. The zero-order valence-corrected chi connectivity index (χ0v) is 13.0. The number of hydrogen-bond acceptors (Lipinski definition) is 2. The molecular formula is C18H23NO2. The first kappa shape index (κ1) is 14.2. The predicted molar refractivity (Wildman–Crippen MR) is 84.9 cm³/mol. The molecule has 1 aliphatic rings. The lowest BCUT2D eigenvalue weighted by atomic mass is 9.77. The molecule has 1 aromatic heterocycles. The Kier molecular flexibility index (Phi) is 3.52. The highest BCUT2D eigenvalue weighted by atomic mass is 16.5. The number of H-pyrrole nitrogens is 1. The summed E-state index contributed by atoms with van der Waals surface area (Å²) in [6.45, 7) is 7.02. The molecule has 0 bridgehead atoms. The van der Waals surface area contributed by atoms with Gasteiger partial charge in [-0.1, -0.05) is 20.3 Å². The summed E-state index contributed by atoms with van der Waals surface area (Å²) in [6.07, 6.45) is 5.15. The molecule has 21 heavy (non-hydrogen) atoms. The summed E-state index contributed by atoms with van der Waals surface area (Å²) in [5, 5.41) is 0.980. The Morgan fingerprint density at radius 1 is 1.43 bits per heavy atom. The maximum Gasteiger partial charge on any atom is 0.168 e. The van der Waals surface area contributed by atoms with E-state index in [1.807, 2.05) is 31.3 Å². The predicted octanol–water partition coefficient (Wildman–Crippen LogP) is 4.58. The van der Waals surface area contributed by atoms with Crippen LogP contribution in [0.3, 0.4) is 0 Å². The third-order valence-electron chi connectivity index (χ3n) is 4.80. The monoisotopic (exact) mass is 285 g/mol. The maximum absolute atomic E-state index is 12.9. The quantitative estimate of drug-likeness (QED) is 0.836. The molecule has 0 saturated heterocycles. The fourth-order valence-corrected chi connectivity index (χ4v) is 3.56. The zero-order valence-electron chi connectivity index (χ0n) is 13.0. The van der Waals surface area contributed by atoms with Crippen molar-refractivity contribution in [2.24, 2.45) is 11.3 Å². The molecule has 1 saturated carbocycles. The minimum absolute atomic E-state index is 0.109. The molecule has 3 rings (SSSR count). The van der Waals surface area contributed by atoms with Gasteiger partial charge in [0.15, 0.2) is 5.78 Å². The first-order valence-electron chi connectivity index (χ1n) is 7.81. The maximum atomic E-state index is 12.9. The number of carbonyl (C=O) groups excluding carboxylic acids is 1. The van der Waals surface area contributed by atoms with Gasteiger partial charge in [-0.05, 0) is 43.4 Å².